The molecule has 0 saturated carbocycles. The minimum atomic E-state index is 1.27. The summed E-state index contributed by atoms with van der Waals surface area (Å²) in [6.07, 6.45) is 2.22. The first-order valence-electron chi connectivity index (χ1n) is 8.02. The molecule has 0 bridgehead atoms. The summed E-state index contributed by atoms with van der Waals surface area (Å²) < 4.78 is 2.24. The van der Waals surface area contributed by atoms with Crippen molar-refractivity contribution in [3.63, 3.8) is 0 Å². The first-order valence-corrected chi connectivity index (χ1v) is 8.02. The number of aryl methyl sites for hydroxylation is 3. The summed E-state index contributed by atoms with van der Waals surface area (Å²) in [5.41, 5.74) is 6.47. The molecule has 23 heavy (non-hydrogen) atoms. The number of benzene rings is 3. The van der Waals surface area contributed by atoms with E-state index in [1.807, 2.05) is 0 Å². The first kappa shape index (κ1) is 14.0. The van der Waals surface area contributed by atoms with Gasteiger partial charge in [0, 0.05) is 16.3 Å². The molecule has 1 nitrogen and oxygen atoms in total. The van der Waals surface area contributed by atoms with Gasteiger partial charge in [0.1, 0.15) is 7.05 Å². The van der Waals surface area contributed by atoms with E-state index in [-0.39, 0.29) is 0 Å². The Morgan fingerprint density at radius 2 is 1.48 bits per heavy atom. The standard InChI is InChI=1S/C22H20N/c1-15-8-10-17(11-9-15)19-12-16(2)22-21(13-19)20-7-5-4-6-18(20)14-23(22)3/h4-14H,1-3H3/q+1. The molecule has 0 radical (unpaired) electrons. The van der Waals surface area contributed by atoms with Gasteiger partial charge in [0.05, 0.1) is 5.39 Å². The molecule has 0 saturated heterocycles. The zero-order chi connectivity index (χ0) is 16.0. The minimum Gasteiger partial charge on any atom is -0.200 e. The number of nitrogens with zero attached hydrogens (tertiary/aromatic N) is 1. The van der Waals surface area contributed by atoms with Gasteiger partial charge in [-0.25, -0.2) is 4.57 Å². The average Bonchev–Trinajstić information content (AvgIpc) is 2.55. The quantitative estimate of drug-likeness (QED) is 0.340. The summed E-state index contributed by atoms with van der Waals surface area (Å²) in [5.74, 6) is 0. The Hall–Kier alpha value is -2.67. The minimum absolute atomic E-state index is 1.27. The molecule has 1 aromatic heterocycles. The molecule has 0 unspecified atom stereocenters. The van der Waals surface area contributed by atoms with Crippen LogP contribution in [-0.2, 0) is 7.05 Å². The van der Waals surface area contributed by atoms with Crippen LogP contribution in [0.5, 0.6) is 0 Å². The van der Waals surface area contributed by atoms with E-state index in [2.05, 4.69) is 92.3 Å². The van der Waals surface area contributed by atoms with Gasteiger partial charge in [-0.1, -0.05) is 48.0 Å². The van der Waals surface area contributed by atoms with E-state index < -0.39 is 0 Å². The van der Waals surface area contributed by atoms with E-state index in [1.54, 1.807) is 0 Å². The molecule has 4 aromatic rings. The lowest BCUT2D eigenvalue weighted by Gasteiger charge is -2.09. The van der Waals surface area contributed by atoms with E-state index in [1.165, 1.54) is 43.9 Å². The van der Waals surface area contributed by atoms with Crippen molar-refractivity contribution in [1.82, 2.24) is 0 Å². The van der Waals surface area contributed by atoms with Crippen LogP contribution >= 0.6 is 0 Å². The second kappa shape index (κ2) is 5.20. The van der Waals surface area contributed by atoms with Crippen LogP contribution in [0.15, 0.2) is 66.9 Å². The molecule has 0 atom stereocenters. The molecule has 3 aromatic carbocycles. The molecule has 0 aliphatic heterocycles. The Morgan fingerprint density at radius 1 is 0.739 bits per heavy atom. The smallest absolute Gasteiger partial charge is 0.200 e. The van der Waals surface area contributed by atoms with Crippen molar-refractivity contribution in [2.75, 3.05) is 0 Å². The molecule has 4 rings (SSSR count). The van der Waals surface area contributed by atoms with Crippen molar-refractivity contribution in [2.45, 2.75) is 13.8 Å². The highest BCUT2D eigenvalue weighted by Gasteiger charge is 2.14. The Bertz CT molecular complexity index is 1030. The second-order valence-electron chi connectivity index (χ2n) is 6.38. The first-order chi connectivity index (χ1) is 11.1. The highest BCUT2D eigenvalue weighted by Crippen LogP contribution is 2.30. The van der Waals surface area contributed by atoms with Crippen molar-refractivity contribution in [3.8, 4) is 11.1 Å². The fraction of sp³-hybridized carbons (Fsp3) is 0.136. The van der Waals surface area contributed by atoms with Gasteiger partial charge in [0.25, 0.3) is 0 Å². The van der Waals surface area contributed by atoms with Crippen molar-refractivity contribution in [2.24, 2.45) is 7.05 Å². The molecule has 0 spiro atoms. The fourth-order valence-electron chi connectivity index (χ4n) is 3.49. The van der Waals surface area contributed by atoms with Gasteiger partial charge in [0.15, 0.2) is 6.20 Å². The van der Waals surface area contributed by atoms with Crippen molar-refractivity contribution in [1.29, 1.82) is 0 Å². The summed E-state index contributed by atoms with van der Waals surface area (Å²) in [5, 5.41) is 3.92. The highest BCUT2D eigenvalue weighted by molar-refractivity contribution is 6.06. The van der Waals surface area contributed by atoms with Crippen LogP contribution in [0.4, 0.5) is 0 Å². The molecular formula is C22H20N+. The van der Waals surface area contributed by atoms with Crippen LogP contribution in [0.3, 0.4) is 0 Å². The molecule has 0 aliphatic carbocycles. The van der Waals surface area contributed by atoms with Crippen LogP contribution in [0, 0.1) is 13.8 Å². The summed E-state index contributed by atoms with van der Waals surface area (Å²) in [4.78, 5) is 0. The maximum atomic E-state index is 2.33. The molecule has 0 N–H and O–H groups in total. The van der Waals surface area contributed by atoms with Crippen molar-refractivity contribution < 1.29 is 4.57 Å². The van der Waals surface area contributed by atoms with Crippen LogP contribution in [0.2, 0.25) is 0 Å². The third-order valence-corrected chi connectivity index (χ3v) is 4.62. The Kier molecular flexibility index (Phi) is 3.16. The van der Waals surface area contributed by atoms with E-state index in [0.717, 1.165) is 0 Å². The van der Waals surface area contributed by atoms with Crippen LogP contribution < -0.4 is 4.57 Å². The molecule has 0 fully saturated rings. The zero-order valence-electron chi connectivity index (χ0n) is 13.8. The van der Waals surface area contributed by atoms with Gasteiger partial charge in [-0.15, -0.1) is 0 Å². The topological polar surface area (TPSA) is 3.88 Å². The molecule has 1 heteroatoms. The van der Waals surface area contributed by atoms with E-state index >= 15 is 0 Å². The van der Waals surface area contributed by atoms with Gasteiger partial charge < -0.3 is 0 Å². The number of aromatic nitrogens is 1. The van der Waals surface area contributed by atoms with E-state index in [0.29, 0.717) is 0 Å². The predicted octanol–water partition coefficient (Wildman–Crippen LogP) is 5.10. The van der Waals surface area contributed by atoms with E-state index in [4.69, 9.17) is 0 Å². The summed E-state index contributed by atoms with van der Waals surface area (Å²) in [6.45, 7) is 4.33. The van der Waals surface area contributed by atoms with Crippen molar-refractivity contribution >= 4 is 21.7 Å². The molecule has 0 aliphatic rings. The predicted molar refractivity (Wildman–Crippen MR) is 97.5 cm³/mol. The number of rotatable bonds is 1. The van der Waals surface area contributed by atoms with Gasteiger partial charge >= 0.3 is 0 Å². The maximum Gasteiger partial charge on any atom is 0.215 e. The number of hydrogen-bond acceptors (Lipinski definition) is 0. The molecule has 0 amide bonds. The van der Waals surface area contributed by atoms with Gasteiger partial charge in [-0.05, 0) is 43.2 Å². The van der Waals surface area contributed by atoms with Crippen LogP contribution in [0.1, 0.15) is 11.1 Å². The Labute approximate surface area is 136 Å². The third kappa shape index (κ3) is 2.29. The normalized spacial score (nSPS) is 11.3. The number of hydrogen-bond donors (Lipinski definition) is 0. The third-order valence-electron chi connectivity index (χ3n) is 4.62. The number of pyridine rings is 1. The Balaban J connectivity index is 2.09. The van der Waals surface area contributed by atoms with Gasteiger partial charge in [-0.3, -0.25) is 0 Å². The fourth-order valence-corrected chi connectivity index (χ4v) is 3.49. The van der Waals surface area contributed by atoms with Crippen LogP contribution in [0.25, 0.3) is 32.8 Å². The SMILES string of the molecule is Cc1ccc(-c2cc(C)c3c(c2)c2ccccc2c[n+]3C)cc1. The molecular weight excluding hydrogens is 278 g/mol. The summed E-state index contributed by atoms with van der Waals surface area (Å²) in [7, 11) is 2.13. The lowest BCUT2D eigenvalue weighted by Crippen LogP contribution is -2.29. The zero-order valence-corrected chi connectivity index (χ0v) is 13.8. The highest BCUT2D eigenvalue weighted by atomic mass is 14.9. The van der Waals surface area contributed by atoms with Crippen molar-refractivity contribution in [3.05, 3.63) is 78.0 Å². The average molecular weight is 298 g/mol. The van der Waals surface area contributed by atoms with Gasteiger partial charge in [-0.2, -0.15) is 0 Å². The summed E-state index contributed by atoms with van der Waals surface area (Å²) in [6, 6.07) is 22.0. The lowest BCUT2D eigenvalue weighted by molar-refractivity contribution is -0.643. The second-order valence-corrected chi connectivity index (χ2v) is 6.38. The van der Waals surface area contributed by atoms with E-state index in [9.17, 15) is 0 Å². The largest absolute Gasteiger partial charge is 0.215 e. The maximum absolute atomic E-state index is 2.33. The Morgan fingerprint density at radius 3 is 2.26 bits per heavy atom. The molecule has 1 heterocycles. The van der Waals surface area contributed by atoms with Gasteiger partial charge in [0.2, 0.25) is 5.52 Å². The number of fused-ring (bicyclic) bond motifs is 3. The molecule has 112 valence electrons. The van der Waals surface area contributed by atoms with Crippen LogP contribution in [-0.4, -0.2) is 0 Å². The summed E-state index contributed by atoms with van der Waals surface area (Å²) >= 11 is 0. The lowest BCUT2D eigenvalue weighted by atomic mass is 9.96. The monoisotopic (exact) mass is 298 g/mol.